The van der Waals surface area contributed by atoms with E-state index in [1.54, 1.807) is 0 Å². The summed E-state index contributed by atoms with van der Waals surface area (Å²) in [6.45, 7) is 9.53. The van der Waals surface area contributed by atoms with Gasteiger partial charge in [0.2, 0.25) is 0 Å². The van der Waals surface area contributed by atoms with Crippen LogP contribution in [-0.4, -0.2) is 11.4 Å². The molecular formula is C24H28OS2Si. The minimum atomic E-state index is -3.22. The monoisotopic (exact) mass is 424 g/mol. The number of hydrogen-bond acceptors (Lipinski definition) is 3. The molecule has 3 aromatic rings. The van der Waals surface area contributed by atoms with Crippen LogP contribution in [0.5, 0.6) is 0 Å². The molecular weight excluding hydrogens is 396 g/mol. The summed E-state index contributed by atoms with van der Waals surface area (Å²) in [5, 5.41) is 0.867. The predicted molar refractivity (Wildman–Crippen MR) is 131 cm³/mol. The predicted octanol–water partition coefficient (Wildman–Crippen LogP) is 5.87. The highest BCUT2D eigenvalue weighted by Crippen LogP contribution is 2.35. The molecule has 0 aromatic heterocycles. The Kier molecular flexibility index (Phi) is 5.88. The second kappa shape index (κ2) is 7.75. The van der Waals surface area contributed by atoms with Crippen LogP contribution in [0.25, 0.3) is 22.3 Å². The van der Waals surface area contributed by atoms with Crippen LogP contribution in [0.4, 0.5) is 0 Å². The molecule has 0 saturated heterocycles. The molecule has 1 nitrogen and oxygen atoms in total. The molecule has 4 heteroatoms. The Balaban J connectivity index is 2.43. The molecule has 0 bridgehead atoms. The number of benzene rings is 3. The lowest BCUT2D eigenvalue weighted by Crippen LogP contribution is -2.40. The Bertz CT molecular complexity index is 943. The first-order valence-corrected chi connectivity index (χ1v) is 14.0. The molecule has 146 valence electrons. The number of hydrogen-bond donors (Lipinski definition) is 3. The van der Waals surface area contributed by atoms with Gasteiger partial charge in [0.05, 0.1) is 0 Å². The molecule has 0 fully saturated rings. The van der Waals surface area contributed by atoms with E-state index >= 15 is 0 Å². The minimum absolute atomic E-state index is 0.867. The molecule has 0 aliphatic carbocycles. The Morgan fingerprint density at radius 2 is 0.964 bits per heavy atom. The SMILES string of the molecule is Cc1cc(C)c(-c2cccc(-c3c(C)cc(C)cc3C)c2[Si](O)(S)S)c(C)c1. The maximum Gasteiger partial charge on any atom is 0.344 e. The van der Waals surface area contributed by atoms with Crippen molar-refractivity contribution in [3.05, 3.63) is 75.8 Å². The third-order valence-corrected chi connectivity index (χ3v) is 7.84. The van der Waals surface area contributed by atoms with Crippen LogP contribution in [0.3, 0.4) is 0 Å². The summed E-state index contributed by atoms with van der Waals surface area (Å²) in [6.07, 6.45) is 0. The molecule has 0 saturated carbocycles. The van der Waals surface area contributed by atoms with Crippen molar-refractivity contribution < 1.29 is 4.80 Å². The van der Waals surface area contributed by atoms with Crippen molar-refractivity contribution in [2.24, 2.45) is 0 Å². The van der Waals surface area contributed by atoms with E-state index in [0.717, 1.165) is 16.3 Å². The molecule has 0 atom stereocenters. The lowest BCUT2D eigenvalue weighted by Gasteiger charge is -2.25. The van der Waals surface area contributed by atoms with Crippen LogP contribution in [0.2, 0.25) is 0 Å². The molecule has 0 amide bonds. The molecule has 0 radical (unpaired) electrons. The van der Waals surface area contributed by atoms with Crippen molar-refractivity contribution in [3.63, 3.8) is 0 Å². The lowest BCUT2D eigenvalue weighted by atomic mass is 9.89. The summed E-state index contributed by atoms with van der Waals surface area (Å²) >= 11 is 9.24. The fourth-order valence-corrected chi connectivity index (χ4v) is 7.12. The van der Waals surface area contributed by atoms with Crippen LogP contribution in [0, 0.1) is 41.5 Å². The first-order valence-electron chi connectivity index (χ1n) is 9.47. The molecule has 0 heterocycles. The minimum Gasteiger partial charge on any atom is -0.412 e. The quantitative estimate of drug-likeness (QED) is 0.355. The summed E-state index contributed by atoms with van der Waals surface area (Å²) in [6, 6.07) is 15.0. The Morgan fingerprint density at radius 1 is 0.643 bits per heavy atom. The standard InChI is InChI=1S/C24H28OS2Si/c1-14-10-16(3)22(17(4)11-14)20-8-7-9-21(24(20)28(25,26)27)23-18(5)12-15(2)13-19(23)6/h7-13,25-27H,1-6H3. The second-order valence-electron chi connectivity index (χ2n) is 7.91. The van der Waals surface area contributed by atoms with Gasteiger partial charge in [-0.1, -0.05) is 53.6 Å². The van der Waals surface area contributed by atoms with Crippen molar-refractivity contribution in [1.82, 2.24) is 0 Å². The molecule has 0 unspecified atom stereocenters. The van der Waals surface area contributed by atoms with Gasteiger partial charge in [0.1, 0.15) is 0 Å². The van der Waals surface area contributed by atoms with E-state index in [9.17, 15) is 4.80 Å². The molecule has 0 aliphatic heterocycles. The normalized spacial score (nSPS) is 11.8. The van der Waals surface area contributed by atoms with Crippen molar-refractivity contribution in [2.45, 2.75) is 41.5 Å². The fourth-order valence-electron chi connectivity index (χ4n) is 4.54. The molecule has 0 aliphatic rings. The Labute approximate surface area is 180 Å². The van der Waals surface area contributed by atoms with Crippen LogP contribution < -0.4 is 5.19 Å². The van der Waals surface area contributed by atoms with E-state index in [1.165, 1.54) is 44.5 Å². The second-order valence-corrected chi connectivity index (χ2v) is 14.6. The van der Waals surface area contributed by atoms with E-state index in [2.05, 4.69) is 108 Å². The highest BCUT2D eigenvalue weighted by atomic mass is 32.5. The zero-order valence-electron chi connectivity index (χ0n) is 17.4. The molecule has 28 heavy (non-hydrogen) atoms. The van der Waals surface area contributed by atoms with Gasteiger partial charge in [0, 0.05) is 5.19 Å². The molecule has 3 aromatic carbocycles. The number of rotatable bonds is 3. The van der Waals surface area contributed by atoms with Gasteiger partial charge in [-0.2, -0.15) is 24.2 Å². The maximum absolute atomic E-state index is 11.1. The molecule has 3 rings (SSSR count). The van der Waals surface area contributed by atoms with E-state index in [4.69, 9.17) is 0 Å². The summed E-state index contributed by atoms with van der Waals surface area (Å²) in [4.78, 5) is 11.1. The molecule has 1 N–H and O–H groups in total. The summed E-state index contributed by atoms with van der Waals surface area (Å²) in [5.74, 6) is 0. The summed E-state index contributed by atoms with van der Waals surface area (Å²) in [7, 11) is 0. The fraction of sp³-hybridized carbons (Fsp3) is 0.250. The van der Waals surface area contributed by atoms with Gasteiger partial charge in [-0.05, 0) is 86.1 Å². The van der Waals surface area contributed by atoms with E-state index in [-0.39, 0.29) is 0 Å². The first kappa shape index (κ1) is 21.3. The van der Waals surface area contributed by atoms with Gasteiger partial charge < -0.3 is 4.80 Å². The van der Waals surface area contributed by atoms with Crippen LogP contribution in [-0.2, 0) is 0 Å². The van der Waals surface area contributed by atoms with Crippen LogP contribution >= 0.6 is 24.2 Å². The Hall–Kier alpha value is -1.46. The highest BCUT2D eigenvalue weighted by Gasteiger charge is 2.33. The van der Waals surface area contributed by atoms with E-state index in [1.807, 2.05) is 0 Å². The van der Waals surface area contributed by atoms with Crippen molar-refractivity contribution in [2.75, 3.05) is 0 Å². The van der Waals surface area contributed by atoms with Crippen LogP contribution in [0.15, 0.2) is 42.5 Å². The van der Waals surface area contributed by atoms with E-state index in [0.29, 0.717) is 0 Å². The van der Waals surface area contributed by atoms with Gasteiger partial charge in [-0.25, -0.2) is 0 Å². The third kappa shape index (κ3) is 3.97. The summed E-state index contributed by atoms with van der Waals surface area (Å²) < 4.78 is 0. The average molecular weight is 425 g/mol. The van der Waals surface area contributed by atoms with Gasteiger partial charge in [0.15, 0.2) is 0 Å². The number of aryl methyl sites for hydroxylation is 6. The van der Waals surface area contributed by atoms with E-state index < -0.39 is 6.62 Å². The summed E-state index contributed by atoms with van der Waals surface area (Å²) in [5.41, 5.74) is 11.7. The van der Waals surface area contributed by atoms with Crippen molar-refractivity contribution in [1.29, 1.82) is 0 Å². The Morgan fingerprint density at radius 3 is 1.25 bits per heavy atom. The average Bonchev–Trinajstić information content (AvgIpc) is 2.51. The molecule has 0 spiro atoms. The largest absolute Gasteiger partial charge is 0.412 e. The van der Waals surface area contributed by atoms with Crippen molar-refractivity contribution >= 4 is 36.0 Å². The third-order valence-electron chi connectivity index (χ3n) is 5.29. The zero-order chi connectivity index (χ0) is 20.8. The highest BCUT2D eigenvalue weighted by molar-refractivity contribution is 8.45. The first-order chi connectivity index (χ1) is 13.0. The van der Waals surface area contributed by atoms with Gasteiger partial charge in [0.25, 0.3) is 0 Å². The van der Waals surface area contributed by atoms with Gasteiger partial charge in [-0.15, -0.1) is 0 Å². The van der Waals surface area contributed by atoms with Crippen molar-refractivity contribution in [3.8, 4) is 22.3 Å². The lowest BCUT2D eigenvalue weighted by molar-refractivity contribution is 0.603. The number of thiol groups is 2. The zero-order valence-corrected chi connectivity index (χ0v) is 20.2. The topological polar surface area (TPSA) is 20.2 Å². The maximum atomic E-state index is 11.1. The van der Waals surface area contributed by atoms with Gasteiger partial charge in [-0.3, -0.25) is 0 Å². The van der Waals surface area contributed by atoms with Gasteiger partial charge >= 0.3 is 6.62 Å². The smallest absolute Gasteiger partial charge is 0.344 e. The van der Waals surface area contributed by atoms with Crippen LogP contribution in [0.1, 0.15) is 33.4 Å².